The molecule has 2 saturated heterocycles. The van der Waals surface area contributed by atoms with Crippen LogP contribution in [0.3, 0.4) is 0 Å². The van der Waals surface area contributed by atoms with Crippen molar-refractivity contribution in [3.63, 3.8) is 0 Å². The van der Waals surface area contributed by atoms with E-state index in [4.69, 9.17) is 5.11 Å². The second-order valence-corrected chi connectivity index (χ2v) is 8.45. The summed E-state index contributed by atoms with van der Waals surface area (Å²) in [6.45, 7) is 3.21. The largest absolute Gasteiger partial charge is 0.481 e. The Morgan fingerprint density at radius 2 is 1.50 bits per heavy atom. The molecule has 2 amide bonds. The van der Waals surface area contributed by atoms with Crippen molar-refractivity contribution >= 4 is 30.2 Å². The Hall–Kier alpha value is -1.34. The van der Waals surface area contributed by atoms with Gasteiger partial charge in [0.05, 0.1) is 0 Å². The third-order valence-corrected chi connectivity index (χ3v) is 6.52. The summed E-state index contributed by atoms with van der Waals surface area (Å²) in [5.74, 6) is 0.0709. The van der Waals surface area contributed by atoms with Crippen LogP contribution in [0.5, 0.6) is 0 Å². The van der Waals surface area contributed by atoms with Crippen molar-refractivity contribution in [2.45, 2.75) is 63.8 Å². The van der Waals surface area contributed by atoms with Crippen LogP contribution in [0.2, 0.25) is 0 Å². The molecule has 1 aliphatic carbocycles. The molecule has 0 aromatic rings. The van der Waals surface area contributed by atoms with Crippen LogP contribution in [-0.4, -0.2) is 60.0 Å². The summed E-state index contributed by atoms with van der Waals surface area (Å²) < 4.78 is 0. The van der Waals surface area contributed by atoms with Crippen LogP contribution in [0.15, 0.2) is 0 Å². The second kappa shape index (κ2) is 11.0. The summed E-state index contributed by atoms with van der Waals surface area (Å²) in [6.07, 6.45) is 7.06. The van der Waals surface area contributed by atoms with Crippen molar-refractivity contribution in [2.24, 2.45) is 17.8 Å². The number of nitrogens with one attached hydrogen (secondary N) is 2. The molecule has 0 spiro atoms. The predicted octanol–water partition coefficient (Wildman–Crippen LogP) is 1.80. The SMILES string of the molecule is Cl.O=C(O)CC1CCN(C(=O)C2CCC(NC(=O)C3CCNCC3)CC2)CC1. The zero-order chi connectivity index (χ0) is 19.2. The Balaban J connectivity index is 0.00000280. The number of carbonyl (C=O) groups excluding carboxylic acids is 2. The van der Waals surface area contributed by atoms with Crippen LogP contribution < -0.4 is 10.6 Å². The zero-order valence-corrected chi connectivity index (χ0v) is 17.3. The Morgan fingerprint density at radius 1 is 0.893 bits per heavy atom. The van der Waals surface area contributed by atoms with Gasteiger partial charge in [-0.1, -0.05) is 0 Å². The van der Waals surface area contributed by atoms with Gasteiger partial charge in [0, 0.05) is 37.4 Å². The minimum atomic E-state index is -0.746. The molecule has 3 aliphatic rings. The highest BCUT2D eigenvalue weighted by Crippen LogP contribution is 2.29. The number of amides is 2. The summed E-state index contributed by atoms with van der Waals surface area (Å²) >= 11 is 0. The predicted molar refractivity (Wildman–Crippen MR) is 108 cm³/mol. The smallest absolute Gasteiger partial charge is 0.303 e. The van der Waals surface area contributed by atoms with Gasteiger partial charge in [0.1, 0.15) is 0 Å². The molecule has 0 bridgehead atoms. The van der Waals surface area contributed by atoms with Crippen LogP contribution >= 0.6 is 12.4 Å². The first-order valence-corrected chi connectivity index (χ1v) is 10.5. The third-order valence-electron chi connectivity index (χ3n) is 6.52. The summed E-state index contributed by atoms with van der Waals surface area (Å²) in [4.78, 5) is 37.9. The average molecular weight is 416 g/mol. The van der Waals surface area contributed by atoms with Crippen molar-refractivity contribution < 1.29 is 19.5 Å². The van der Waals surface area contributed by atoms with Gasteiger partial charge in [-0.05, 0) is 70.4 Å². The van der Waals surface area contributed by atoms with Crippen molar-refractivity contribution in [1.29, 1.82) is 0 Å². The van der Waals surface area contributed by atoms with Gasteiger partial charge in [0.15, 0.2) is 0 Å². The molecule has 8 heteroatoms. The van der Waals surface area contributed by atoms with E-state index in [-0.39, 0.29) is 54.4 Å². The fourth-order valence-electron chi connectivity index (χ4n) is 4.75. The number of hydrogen-bond acceptors (Lipinski definition) is 4. The van der Waals surface area contributed by atoms with E-state index in [2.05, 4.69) is 10.6 Å². The lowest BCUT2D eigenvalue weighted by Crippen LogP contribution is -2.46. The molecule has 7 nitrogen and oxygen atoms in total. The molecule has 3 fully saturated rings. The minimum absolute atomic E-state index is 0. The highest BCUT2D eigenvalue weighted by molar-refractivity contribution is 5.85. The van der Waals surface area contributed by atoms with Crippen molar-refractivity contribution in [3.8, 4) is 0 Å². The molecule has 160 valence electrons. The lowest BCUT2D eigenvalue weighted by molar-refractivity contribution is -0.139. The van der Waals surface area contributed by atoms with Gasteiger partial charge in [0.25, 0.3) is 0 Å². The fraction of sp³-hybridized carbons (Fsp3) is 0.850. The van der Waals surface area contributed by atoms with Crippen LogP contribution in [0.4, 0.5) is 0 Å². The Kier molecular flexibility index (Phi) is 9.02. The lowest BCUT2D eigenvalue weighted by atomic mass is 9.84. The first kappa shape index (κ1) is 22.9. The molecular weight excluding hydrogens is 382 g/mol. The van der Waals surface area contributed by atoms with Crippen LogP contribution in [-0.2, 0) is 14.4 Å². The monoisotopic (exact) mass is 415 g/mol. The molecule has 28 heavy (non-hydrogen) atoms. The summed E-state index contributed by atoms with van der Waals surface area (Å²) in [7, 11) is 0. The summed E-state index contributed by atoms with van der Waals surface area (Å²) in [6, 6.07) is 0.206. The molecule has 2 aliphatic heterocycles. The molecule has 3 N–H and O–H groups in total. The first-order valence-electron chi connectivity index (χ1n) is 10.5. The molecule has 1 saturated carbocycles. The number of halogens is 1. The standard InChI is InChI=1S/C20H33N3O4.ClH/c24-18(25)13-14-7-11-23(12-8-14)20(27)16-1-3-17(4-2-16)22-19(26)15-5-9-21-10-6-15;/h14-17,21H,1-13H2,(H,22,26)(H,24,25);1H. The van der Waals surface area contributed by atoms with Gasteiger partial charge in [-0.2, -0.15) is 0 Å². The zero-order valence-electron chi connectivity index (χ0n) is 16.5. The molecule has 0 aromatic carbocycles. The van der Waals surface area contributed by atoms with E-state index in [0.29, 0.717) is 13.1 Å². The number of carboxylic acid groups (broad SMARTS) is 1. The fourth-order valence-corrected chi connectivity index (χ4v) is 4.75. The van der Waals surface area contributed by atoms with E-state index in [0.717, 1.165) is 64.5 Å². The van der Waals surface area contributed by atoms with Gasteiger partial charge in [0.2, 0.25) is 11.8 Å². The molecular formula is C20H34ClN3O4. The van der Waals surface area contributed by atoms with Crippen LogP contribution in [0, 0.1) is 17.8 Å². The van der Waals surface area contributed by atoms with E-state index in [9.17, 15) is 14.4 Å². The number of carbonyl (C=O) groups is 3. The Morgan fingerprint density at radius 3 is 2.07 bits per heavy atom. The Labute approximate surface area is 173 Å². The van der Waals surface area contributed by atoms with Gasteiger partial charge < -0.3 is 20.6 Å². The Bertz CT molecular complexity index is 538. The van der Waals surface area contributed by atoms with Crippen LogP contribution in [0.25, 0.3) is 0 Å². The molecule has 0 aromatic heterocycles. The average Bonchev–Trinajstić information content (AvgIpc) is 2.69. The summed E-state index contributed by atoms with van der Waals surface area (Å²) in [5, 5.41) is 15.4. The number of likely N-dealkylation sites (tertiary alicyclic amines) is 1. The van der Waals surface area contributed by atoms with E-state index in [1.54, 1.807) is 0 Å². The minimum Gasteiger partial charge on any atom is -0.481 e. The lowest BCUT2D eigenvalue weighted by Gasteiger charge is -2.36. The van der Waals surface area contributed by atoms with E-state index in [1.807, 2.05) is 4.90 Å². The van der Waals surface area contributed by atoms with E-state index >= 15 is 0 Å². The highest BCUT2D eigenvalue weighted by Gasteiger charge is 2.33. The maximum atomic E-state index is 12.8. The maximum Gasteiger partial charge on any atom is 0.303 e. The van der Waals surface area contributed by atoms with E-state index in [1.165, 1.54) is 0 Å². The number of piperidine rings is 2. The molecule has 3 rings (SSSR count). The molecule has 0 atom stereocenters. The van der Waals surface area contributed by atoms with Gasteiger partial charge >= 0.3 is 5.97 Å². The number of carboxylic acids is 1. The molecule has 2 heterocycles. The van der Waals surface area contributed by atoms with Gasteiger partial charge in [-0.15, -0.1) is 12.4 Å². The quantitative estimate of drug-likeness (QED) is 0.635. The maximum absolute atomic E-state index is 12.8. The molecule has 0 unspecified atom stereocenters. The van der Waals surface area contributed by atoms with Crippen LogP contribution in [0.1, 0.15) is 57.8 Å². The van der Waals surface area contributed by atoms with Gasteiger partial charge in [-0.3, -0.25) is 14.4 Å². The highest BCUT2D eigenvalue weighted by atomic mass is 35.5. The van der Waals surface area contributed by atoms with E-state index < -0.39 is 5.97 Å². The number of rotatable bonds is 5. The number of aliphatic carboxylic acids is 1. The topological polar surface area (TPSA) is 98.7 Å². The summed E-state index contributed by atoms with van der Waals surface area (Å²) in [5.41, 5.74) is 0. The van der Waals surface area contributed by atoms with Gasteiger partial charge in [-0.25, -0.2) is 0 Å². The van der Waals surface area contributed by atoms with Crippen molar-refractivity contribution in [2.75, 3.05) is 26.2 Å². The number of nitrogens with zero attached hydrogens (tertiary/aromatic N) is 1. The molecule has 0 radical (unpaired) electrons. The van der Waals surface area contributed by atoms with Crippen molar-refractivity contribution in [1.82, 2.24) is 15.5 Å². The second-order valence-electron chi connectivity index (χ2n) is 8.45. The normalized spacial score (nSPS) is 26.9. The number of hydrogen-bond donors (Lipinski definition) is 3. The third kappa shape index (κ3) is 6.34. The van der Waals surface area contributed by atoms with Crippen molar-refractivity contribution in [3.05, 3.63) is 0 Å². The first-order chi connectivity index (χ1) is 13.0.